The van der Waals surface area contributed by atoms with Crippen LogP contribution in [0.15, 0.2) is 5.10 Å². The van der Waals surface area contributed by atoms with Crippen LogP contribution in [0.2, 0.25) is 0 Å². The summed E-state index contributed by atoms with van der Waals surface area (Å²) in [6.07, 6.45) is 1.41. The molecule has 0 saturated heterocycles. The molecule has 0 aromatic rings. The van der Waals surface area contributed by atoms with Crippen molar-refractivity contribution < 1.29 is 0 Å². The third-order valence-corrected chi connectivity index (χ3v) is 1.69. The average molecular weight is 157 g/mol. The standard InChI is InChI=1S/C8H19N3/c1-5-8(10-6-2)11(7-3)9-4/h8,10H,4-7H2,1-3H3. The van der Waals surface area contributed by atoms with Crippen LogP contribution in [0.5, 0.6) is 0 Å². The van der Waals surface area contributed by atoms with Crippen LogP contribution in [0, 0.1) is 0 Å². The lowest BCUT2D eigenvalue weighted by atomic mass is 10.3. The Balaban J connectivity index is 3.86. The van der Waals surface area contributed by atoms with E-state index >= 15 is 0 Å². The SMILES string of the molecule is C=NN(CC)C(CC)NCC. The van der Waals surface area contributed by atoms with Crippen molar-refractivity contribution in [1.82, 2.24) is 10.3 Å². The number of rotatable bonds is 6. The first kappa shape index (κ1) is 10.4. The van der Waals surface area contributed by atoms with Crippen LogP contribution in [0.1, 0.15) is 27.2 Å². The third kappa shape index (κ3) is 3.37. The van der Waals surface area contributed by atoms with Crippen molar-refractivity contribution in [3.63, 3.8) is 0 Å². The van der Waals surface area contributed by atoms with Gasteiger partial charge in [-0.15, -0.1) is 0 Å². The first-order chi connectivity index (χ1) is 5.29. The first-order valence-electron chi connectivity index (χ1n) is 4.26. The highest BCUT2D eigenvalue weighted by atomic mass is 15.5. The number of hydrogen-bond donors (Lipinski definition) is 1. The van der Waals surface area contributed by atoms with Gasteiger partial charge >= 0.3 is 0 Å². The minimum atomic E-state index is 0.350. The Morgan fingerprint density at radius 3 is 2.36 bits per heavy atom. The Kier molecular flexibility index (Phi) is 5.84. The molecule has 11 heavy (non-hydrogen) atoms. The molecule has 0 spiro atoms. The van der Waals surface area contributed by atoms with Gasteiger partial charge in [0.05, 0.1) is 6.17 Å². The lowest BCUT2D eigenvalue weighted by molar-refractivity contribution is 0.179. The summed E-state index contributed by atoms with van der Waals surface area (Å²) in [5.41, 5.74) is 0. The lowest BCUT2D eigenvalue weighted by Crippen LogP contribution is -2.42. The summed E-state index contributed by atoms with van der Waals surface area (Å²) >= 11 is 0. The van der Waals surface area contributed by atoms with Gasteiger partial charge in [0.2, 0.25) is 0 Å². The minimum absolute atomic E-state index is 0.350. The molecule has 0 fully saturated rings. The molecule has 0 aliphatic carbocycles. The number of nitrogens with zero attached hydrogens (tertiary/aromatic N) is 2. The van der Waals surface area contributed by atoms with Crippen LogP contribution in [0.4, 0.5) is 0 Å². The molecule has 0 aromatic heterocycles. The summed E-state index contributed by atoms with van der Waals surface area (Å²) in [7, 11) is 0. The molecule has 0 aromatic carbocycles. The maximum atomic E-state index is 3.92. The number of hydrazone groups is 1. The largest absolute Gasteiger partial charge is 0.296 e. The van der Waals surface area contributed by atoms with Crippen LogP contribution in [-0.4, -0.2) is 31.0 Å². The van der Waals surface area contributed by atoms with Gasteiger partial charge in [-0.2, -0.15) is 5.10 Å². The Labute approximate surface area is 69.5 Å². The summed E-state index contributed by atoms with van der Waals surface area (Å²) in [5, 5.41) is 9.21. The molecule has 1 N–H and O–H groups in total. The van der Waals surface area contributed by atoms with Crippen LogP contribution >= 0.6 is 0 Å². The summed E-state index contributed by atoms with van der Waals surface area (Å²) in [6.45, 7) is 11.7. The molecule has 0 bridgehead atoms. The molecular weight excluding hydrogens is 138 g/mol. The molecule has 0 amide bonds. The van der Waals surface area contributed by atoms with Crippen LogP contribution < -0.4 is 5.32 Å². The lowest BCUT2D eigenvalue weighted by Gasteiger charge is -2.27. The van der Waals surface area contributed by atoms with Gasteiger partial charge in [0.1, 0.15) is 0 Å². The van der Waals surface area contributed by atoms with E-state index < -0.39 is 0 Å². The monoisotopic (exact) mass is 157 g/mol. The van der Waals surface area contributed by atoms with Crippen LogP contribution in [0.25, 0.3) is 0 Å². The van der Waals surface area contributed by atoms with Gasteiger partial charge in [-0.25, -0.2) is 0 Å². The average Bonchev–Trinajstić information content (AvgIpc) is 2.05. The van der Waals surface area contributed by atoms with Crippen LogP contribution in [-0.2, 0) is 0 Å². The van der Waals surface area contributed by atoms with Gasteiger partial charge in [0.25, 0.3) is 0 Å². The predicted octanol–water partition coefficient (Wildman–Crippen LogP) is 1.27. The Morgan fingerprint density at radius 2 is 2.09 bits per heavy atom. The van der Waals surface area contributed by atoms with Crippen molar-refractivity contribution in [3.05, 3.63) is 0 Å². The molecule has 0 radical (unpaired) electrons. The zero-order chi connectivity index (χ0) is 8.69. The molecule has 0 rings (SSSR count). The summed E-state index contributed by atoms with van der Waals surface area (Å²) in [5.74, 6) is 0. The van der Waals surface area contributed by atoms with E-state index in [9.17, 15) is 0 Å². The van der Waals surface area contributed by atoms with Gasteiger partial charge in [-0.05, 0) is 19.9 Å². The molecule has 0 saturated carbocycles. The van der Waals surface area contributed by atoms with E-state index in [-0.39, 0.29) is 0 Å². The highest BCUT2D eigenvalue weighted by Gasteiger charge is 2.09. The van der Waals surface area contributed by atoms with Gasteiger partial charge in [-0.1, -0.05) is 13.8 Å². The first-order valence-corrected chi connectivity index (χ1v) is 4.26. The molecule has 1 unspecified atom stereocenters. The minimum Gasteiger partial charge on any atom is -0.296 e. The Morgan fingerprint density at radius 1 is 1.45 bits per heavy atom. The fourth-order valence-electron chi connectivity index (χ4n) is 1.12. The Bertz CT molecular complexity index is 104. The second kappa shape index (κ2) is 6.16. The molecule has 3 nitrogen and oxygen atoms in total. The van der Waals surface area contributed by atoms with E-state index in [1.54, 1.807) is 0 Å². The molecular formula is C8H19N3. The topological polar surface area (TPSA) is 27.6 Å². The zero-order valence-electron chi connectivity index (χ0n) is 7.80. The highest BCUT2D eigenvalue weighted by Crippen LogP contribution is 1.99. The summed E-state index contributed by atoms with van der Waals surface area (Å²) < 4.78 is 0. The van der Waals surface area contributed by atoms with Crippen molar-refractivity contribution in [2.75, 3.05) is 13.1 Å². The van der Waals surface area contributed by atoms with E-state index in [4.69, 9.17) is 0 Å². The predicted molar refractivity (Wildman–Crippen MR) is 49.7 cm³/mol. The second-order valence-corrected chi connectivity index (χ2v) is 2.38. The van der Waals surface area contributed by atoms with Gasteiger partial charge in [0.15, 0.2) is 0 Å². The highest BCUT2D eigenvalue weighted by molar-refractivity contribution is 5.22. The third-order valence-electron chi connectivity index (χ3n) is 1.69. The van der Waals surface area contributed by atoms with Crippen molar-refractivity contribution in [2.45, 2.75) is 33.4 Å². The van der Waals surface area contributed by atoms with E-state index in [0.717, 1.165) is 19.5 Å². The normalized spacial score (nSPS) is 12.6. The molecule has 66 valence electrons. The van der Waals surface area contributed by atoms with Crippen molar-refractivity contribution in [1.29, 1.82) is 0 Å². The zero-order valence-corrected chi connectivity index (χ0v) is 7.80. The van der Waals surface area contributed by atoms with E-state index in [2.05, 4.69) is 37.9 Å². The molecule has 3 heteroatoms. The fourth-order valence-corrected chi connectivity index (χ4v) is 1.12. The molecule has 0 heterocycles. The van der Waals surface area contributed by atoms with Gasteiger partial charge in [-0.3, -0.25) is 10.3 Å². The van der Waals surface area contributed by atoms with Crippen molar-refractivity contribution >= 4 is 6.72 Å². The van der Waals surface area contributed by atoms with Crippen molar-refractivity contribution in [2.24, 2.45) is 5.10 Å². The molecule has 1 atom stereocenters. The Hall–Kier alpha value is -0.570. The number of hydrogen-bond acceptors (Lipinski definition) is 3. The molecule has 0 aliphatic rings. The quantitative estimate of drug-likeness (QED) is 0.357. The maximum absolute atomic E-state index is 3.92. The van der Waals surface area contributed by atoms with E-state index in [1.165, 1.54) is 0 Å². The second-order valence-electron chi connectivity index (χ2n) is 2.38. The maximum Gasteiger partial charge on any atom is 0.0961 e. The van der Waals surface area contributed by atoms with E-state index in [0.29, 0.717) is 6.17 Å². The van der Waals surface area contributed by atoms with Crippen molar-refractivity contribution in [3.8, 4) is 0 Å². The van der Waals surface area contributed by atoms with Gasteiger partial charge in [0, 0.05) is 13.3 Å². The van der Waals surface area contributed by atoms with Gasteiger partial charge < -0.3 is 0 Å². The number of nitrogens with one attached hydrogen (secondary N) is 1. The fraction of sp³-hybridized carbons (Fsp3) is 0.875. The van der Waals surface area contributed by atoms with E-state index in [1.807, 2.05) is 5.01 Å². The smallest absolute Gasteiger partial charge is 0.0961 e. The summed E-state index contributed by atoms with van der Waals surface area (Å²) in [4.78, 5) is 0. The molecule has 0 aliphatic heterocycles. The summed E-state index contributed by atoms with van der Waals surface area (Å²) in [6, 6.07) is 0. The van der Waals surface area contributed by atoms with Crippen LogP contribution in [0.3, 0.4) is 0 Å².